The molecule has 1 N–H and O–H groups in total. The van der Waals surface area contributed by atoms with Crippen LogP contribution < -0.4 is 5.32 Å². The summed E-state index contributed by atoms with van der Waals surface area (Å²) in [5.41, 5.74) is 2.34. The highest BCUT2D eigenvalue weighted by Gasteiger charge is 2.04. The van der Waals surface area contributed by atoms with Gasteiger partial charge in [0.25, 0.3) is 0 Å². The Kier molecular flexibility index (Phi) is 6.41. The molecule has 1 aromatic carbocycles. The smallest absolute Gasteiger partial charge is 0.332 e. The van der Waals surface area contributed by atoms with E-state index in [9.17, 15) is 4.79 Å². The van der Waals surface area contributed by atoms with Gasteiger partial charge in [0.05, 0.1) is 24.5 Å². The topological polar surface area (TPSA) is 71.3 Å². The highest BCUT2D eigenvalue weighted by Crippen LogP contribution is 2.17. The van der Waals surface area contributed by atoms with Crippen molar-refractivity contribution in [1.82, 2.24) is 0 Å². The highest BCUT2D eigenvalue weighted by molar-refractivity contribution is 5.70. The van der Waals surface area contributed by atoms with Crippen molar-refractivity contribution in [1.29, 1.82) is 5.26 Å². The normalized spacial score (nSPS) is 9.74. The molecule has 0 amide bonds. The zero-order valence-electron chi connectivity index (χ0n) is 11.2. The summed E-state index contributed by atoms with van der Waals surface area (Å²) in [6, 6.07) is 7.78. The van der Waals surface area contributed by atoms with Crippen molar-refractivity contribution in [3.05, 3.63) is 29.3 Å². The fraction of sp³-hybridized carbons (Fsp3) is 0.429. The molecule has 0 aliphatic carbocycles. The molecule has 0 atom stereocenters. The van der Waals surface area contributed by atoms with Gasteiger partial charge in [-0.2, -0.15) is 5.26 Å². The second kappa shape index (κ2) is 8.11. The van der Waals surface area contributed by atoms with Crippen LogP contribution in [0.3, 0.4) is 0 Å². The summed E-state index contributed by atoms with van der Waals surface area (Å²) in [7, 11) is 0. The van der Waals surface area contributed by atoms with E-state index in [0.717, 1.165) is 11.3 Å². The van der Waals surface area contributed by atoms with Crippen LogP contribution in [0.5, 0.6) is 0 Å². The average molecular weight is 262 g/mol. The molecule has 5 heteroatoms. The molecule has 0 fully saturated rings. The molecule has 0 unspecified atom stereocenters. The van der Waals surface area contributed by atoms with E-state index in [1.165, 1.54) is 0 Å². The first kappa shape index (κ1) is 15.0. The molecule has 1 rings (SSSR count). The molecule has 0 radical (unpaired) electrons. The monoisotopic (exact) mass is 262 g/mol. The molecule has 1 aromatic rings. The SMILES string of the molecule is CCOC(=O)COCCNc1cccc(C)c1C#N. The van der Waals surface area contributed by atoms with Crippen molar-refractivity contribution in [3.63, 3.8) is 0 Å². The zero-order valence-corrected chi connectivity index (χ0v) is 11.2. The number of benzene rings is 1. The highest BCUT2D eigenvalue weighted by atomic mass is 16.6. The van der Waals surface area contributed by atoms with Crippen molar-refractivity contribution in [2.45, 2.75) is 13.8 Å². The van der Waals surface area contributed by atoms with Crippen LogP contribution >= 0.6 is 0 Å². The Hall–Kier alpha value is -2.06. The van der Waals surface area contributed by atoms with Crippen molar-refractivity contribution >= 4 is 11.7 Å². The molecule has 0 aromatic heterocycles. The number of nitrogens with one attached hydrogen (secondary N) is 1. The van der Waals surface area contributed by atoms with E-state index in [2.05, 4.69) is 11.4 Å². The van der Waals surface area contributed by atoms with Gasteiger partial charge in [-0.3, -0.25) is 0 Å². The third-order valence-electron chi connectivity index (χ3n) is 2.47. The lowest BCUT2D eigenvalue weighted by Crippen LogP contribution is -2.17. The summed E-state index contributed by atoms with van der Waals surface area (Å²) in [6.45, 7) is 4.85. The molecular weight excluding hydrogens is 244 g/mol. The van der Waals surface area contributed by atoms with Gasteiger partial charge >= 0.3 is 5.97 Å². The van der Waals surface area contributed by atoms with Crippen LogP contribution in [-0.4, -0.2) is 32.3 Å². The third kappa shape index (κ3) is 4.98. The van der Waals surface area contributed by atoms with Crippen LogP contribution in [-0.2, 0) is 14.3 Å². The van der Waals surface area contributed by atoms with E-state index >= 15 is 0 Å². The zero-order chi connectivity index (χ0) is 14.1. The molecule has 0 aliphatic heterocycles. The maximum atomic E-state index is 11.0. The Morgan fingerprint density at radius 3 is 2.95 bits per heavy atom. The Morgan fingerprint density at radius 1 is 1.47 bits per heavy atom. The van der Waals surface area contributed by atoms with Crippen molar-refractivity contribution < 1.29 is 14.3 Å². The van der Waals surface area contributed by atoms with Gasteiger partial charge in [-0.15, -0.1) is 0 Å². The summed E-state index contributed by atoms with van der Waals surface area (Å²) in [5.74, 6) is -0.365. The summed E-state index contributed by atoms with van der Waals surface area (Å²) in [5, 5.41) is 12.2. The molecule has 19 heavy (non-hydrogen) atoms. The molecule has 0 saturated heterocycles. The number of hydrogen-bond acceptors (Lipinski definition) is 5. The Balaban J connectivity index is 2.33. The number of esters is 1. The lowest BCUT2D eigenvalue weighted by Gasteiger charge is -2.10. The second-order valence-corrected chi connectivity index (χ2v) is 3.89. The van der Waals surface area contributed by atoms with E-state index in [4.69, 9.17) is 14.7 Å². The summed E-state index contributed by atoms with van der Waals surface area (Å²) >= 11 is 0. The van der Waals surface area contributed by atoms with Crippen LogP contribution in [0.25, 0.3) is 0 Å². The lowest BCUT2D eigenvalue weighted by molar-refractivity contribution is -0.148. The van der Waals surface area contributed by atoms with Gasteiger partial charge in [0, 0.05) is 6.54 Å². The number of aryl methyl sites for hydroxylation is 1. The first-order chi connectivity index (χ1) is 9.19. The Labute approximate surface area is 113 Å². The number of carbonyl (C=O) groups is 1. The van der Waals surface area contributed by atoms with E-state index in [1.807, 2.05) is 25.1 Å². The van der Waals surface area contributed by atoms with Gasteiger partial charge < -0.3 is 14.8 Å². The van der Waals surface area contributed by atoms with E-state index < -0.39 is 0 Å². The van der Waals surface area contributed by atoms with Gasteiger partial charge in [0.1, 0.15) is 12.7 Å². The lowest BCUT2D eigenvalue weighted by atomic mass is 10.1. The maximum absolute atomic E-state index is 11.0. The maximum Gasteiger partial charge on any atom is 0.332 e. The molecule has 102 valence electrons. The second-order valence-electron chi connectivity index (χ2n) is 3.89. The van der Waals surface area contributed by atoms with E-state index in [-0.39, 0.29) is 12.6 Å². The Morgan fingerprint density at radius 2 is 2.26 bits per heavy atom. The molecule has 0 aliphatic rings. The number of hydrogen-bond donors (Lipinski definition) is 1. The van der Waals surface area contributed by atoms with Crippen LogP contribution in [0.15, 0.2) is 18.2 Å². The predicted molar refractivity (Wildman–Crippen MR) is 71.8 cm³/mol. The van der Waals surface area contributed by atoms with Crippen LogP contribution in [0.2, 0.25) is 0 Å². The first-order valence-electron chi connectivity index (χ1n) is 6.16. The fourth-order valence-corrected chi connectivity index (χ4v) is 1.58. The number of nitriles is 1. The number of anilines is 1. The molecule has 5 nitrogen and oxygen atoms in total. The number of carbonyl (C=O) groups excluding carboxylic acids is 1. The number of ether oxygens (including phenoxy) is 2. The molecule has 0 heterocycles. The van der Waals surface area contributed by atoms with Crippen molar-refractivity contribution in [3.8, 4) is 6.07 Å². The largest absolute Gasteiger partial charge is 0.464 e. The molecule has 0 saturated carbocycles. The minimum atomic E-state index is -0.365. The Bertz CT molecular complexity index is 466. The standard InChI is InChI=1S/C14H18N2O3/c1-3-19-14(17)10-18-8-7-16-13-6-4-5-11(2)12(13)9-15/h4-6,16H,3,7-8,10H2,1-2H3. The van der Waals surface area contributed by atoms with Crippen LogP contribution in [0.1, 0.15) is 18.1 Å². The quantitative estimate of drug-likeness (QED) is 0.600. The van der Waals surface area contributed by atoms with Gasteiger partial charge in [-0.05, 0) is 25.5 Å². The van der Waals surface area contributed by atoms with Crippen LogP contribution in [0, 0.1) is 18.3 Å². The number of nitrogens with zero attached hydrogens (tertiary/aromatic N) is 1. The van der Waals surface area contributed by atoms with Crippen LogP contribution in [0.4, 0.5) is 5.69 Å². The molecular formula is C14H18N2O3. The van der Waals surface area contributed by atoms with E-state index in [1.54, 1.807) is 6.92 Å². The summed E-state index contributed by atoms with van der Waals surface area (Å²) in [6.07, 6.45) is 0. The van der Waals surface area contributed by atoms with Gasteiger partial charge in [0.2, 0.25) is 0 Å². The molecule has 0 bridgehead atoms. The van der Waals surface area contributed by atoms with Gasteiger partial charge in [0.15, 0.2) is 0 Å². The van der Waals surface area contributed by atoms with Crippen molar-refractivity contribution in [2.24, 2.45) is 0 Å². The minimum absolute atomic E-state index is 0.0472. The van der Waals surface area contributed by atoms with Gasteiger partial charge in [-0.25, -0.2) is 4.79 Å². The van der Waals surface area contributed by atoms with E-state index in [0.29, 0.717) is 25.3 Å². The van der Waals surface area contributed by atoms with Gasteiger partial charge in [-0.1, -0.05) is 12.1 Å². The summed E-state index contributed by atoms with van der Waals surface area (Å²) in [4.78, 5) is 11.0. The summed E-state index contributed by atoms with van der Waals surface area (Å²) < 4.78 is 9.89. The average Bonchev–Trinajstić information content (AvgIpc) is 2.39. The number of rotatable bonds is 7. The van der Waals surface area contributed by atoms with Crippen molar-refractivity contribution in [2.75, 3.05) is 31.7 Å². The first-order valence-corrected chi connectivity index (χ1v) is 6.16. The fourth-order valence-electron chi connectivity index (χ4n) is 1.58. The minimum Gasteiger partial charge on any atom is -0.464 e. The molecule has 0 spiro atoms. The predicted octanol–water partition coefficient (Wildman–Crippen LogP) is 1.86. The third-order valence-corrected chi connectivity index (χ3v) is 2.47.